The molecule has 0 atom stereocenters. The van der Waals surface area contributed by atoms with Crippen LogP contribution in [0.15, 0.2) is 41.6 Å². The van der Waals surface area contributed by atoms with Crippen LogP contribution in [0.5, 0.6) is 5.75 Å². The number of hydrogen-bond acceptors (Lipinski definition) is 4. The number of aryl methyl sites for hydroxylation is 1. The van der Waals surface area contributed by atoms with Gasteiger partial charge >= 0.3 is 0 Å². The van der Waals surface area contributed by atoms with Gasteiger partial charge in [0.2, 0.25) is 5.43 Å². The van der Waals surface area contributed by atoms with E-state index in [1.807, 2.05) is 0 Å². The molecule has 0 saturated heterocycles. The van der Waals surface area contributed by atoms with Gasteiger partial charge in [0, 0.05) is 24.2 Å². The number of rotatable bonds is 4. The van der Waals surface area contributed by atoms with Crippen molar-refractivity contribution in [1.29, 1.82) is 0 Å². The van der Waals surface area contributed by atoms with Crippen molar-refractivity contribution in [3.8, 4) is 5.75 Å². The zero-order valence-electron chi connectivity index (χ0n) is 10.3. The molecule has 98 valence electrons. The third-order valence-electron chi connectivity index (χ3n) is 2.33. The Balaban J connectivity index is 1.92. The average Bonchev–Trinajstić information content (AvgIpc) is 2.39. The predicted molar refractivity (Wildman–Crippen MR) is 70.2 cm³/mol. The van der Waals surface area contributed by atoms with Crippen LogP contribution in [0.2, 0.25) is 0 Å². The van der Waals surface area contributed by atoms with E-state index in [1.54, 1.807) is 25.3 Å². The van der Waals surface area contributed by atoms with E-state index in [4.69, 9.17) is 4.74 Å². The summed E-state index contributed by atoms with van der Waals surface area (Å²) in [5.74, 6) is -0.236. The lowest BCUT2D eigenvalue weighted by atomic mass is 10.3. The topological polar surface area (TPSA) is 84.1 Å². The number of nitrogens with one attached hydrogen (secondary N) is 2. The number of anilines is 1. The number of aromatic nitrogens is 2. The fourth-order valence-corrected chi connectivity index (χ4v) is 1.45. The molecule has 0 spiro atoms. The largest absolute Gasteiger partial charge is 0.478 e. The van der Waals surface area contributed by atoms with Crippen molar-refractivity contribution < 1.29 is 9.53 Å². The highest BCUT2D eigenvalue weighted by molar-refractivity contribution is 5.91. The van der Waals surface area contributed by atoms with Crippen LogP contribution in [-0.4, -0.2) is 22.5 Å². The molecule has 0 aliphatic carbocycles. The Bertz CT molecular complexity index is 623. The lowest BCUT2D eigenvalue weighted by molar-refractivity contribution is -0.118. The van der Waals surface area contributed by atoms with Gasteiger partial charge in [-0.3, -0.25) is 14.6 Å². The molecule has 0 saturated carbocycles. The number of aromatic amines is 1. The maximum atomic E-state index is 11.6. The molecule has 2 aromatic heterocycles. The molecule has 6 nitrogen and oxygen atoms in total. The fourth-order valence-electron chi connectivity index (χ4n) is 1.45. The molecular weight excluding hydrogens is 246 g/mol. The summed E-state index contributed by atoms with van der Waals surface area (Å²) < 4.78 is 5.15. The molecule has 2 aromatic rings. The van der Waals surface area contributed by atoms with Crippen LogP contribution in [0.3, 0.4) is 0 Å². The zero-order valence-corrected chi connectivity index (χ0v) is 10.3. The first-order chi connectivity index (χ1) is 9.15. The van der Waals surface area contributed by atoms with Gasteiger partial charge in [0.25, 0.3) is 5.91 Å². The predicted octanol–water partition coefficient (Wildman–Crippen LogP) is 1.10. The van der Waals surface area contributed by atoms with Gasteiger partial charge in [-0.2, -0.15) is 0 Å². The van der Waals surface area contributed by atoms with Crippen LogP contribution in [-0.2, 0) is 4.79 Å². The van der Waals surface area contributed by atoms with Gasteiger partial charge < -0.3 is 15.0 Å². The molecule has 1 amide bonds. The van der Waals surface area contributed by atoms with Gasteiger partial charge in [0.15, 0.2) is 12.4 Å². The molecule has 0 aromatic carbocycles. The van der Waals surface area contributed by atoms with E-state index in [9.17, 15) is 9.59 Å². The molecule has 0 unspecified atom stereocenters. The first-order valence-corrected chi connectivity index (χ1v) is 5.67. The minimum absolute atomic E-state index is 0.118. The Morgan fingerprint density at radius 3 is 3.05 bits per heavy atom. The summed E-state index contributed by atoms with van der Waals surface area (Å²) in [4.78, 5) is 29.8. The standard InChI is InChI=1S/C13H13N3O3/c1-9-5-11(17)12(7-15-9)19-8-13(18)16-10-3-2-4-14-6-10/h2-7H,8H2,1H3,(H,15,17)(H,16,18). The minimum Gasteiger partial charge on any atom is -0.478 e. The van der Waals surface area contributed by atoms with Gasteiger partial charge in [-0.25, -0.2) is 0 Å². The van der Waals surface area contributed by atoms with E-state index < -0.39 is 0 Å². The van der Waals surface area contributed by atoms with Gasteiger partial charge in [0.05, 0.1) is 11.9 Å². The van der Waals surface area contributed by atoms with Crippen molar-refractivity contribution in [2.24, 2.45) is 0 Å². The van der Waals surface area contributed by atoms with Crippen molar-refractivity contribution in [2.75, 3.05) is 11.9 Å². The third kappa shape index (κ3) is 3.67. The number of amides is 1. The molecular formula is C13H13N3O3. The Hall–Kier alpha value is -2.63. The van der Waals surface area contributed by atoms with Crippen LogP contribution in [0.1, 0.15) is 5.69 Å². The molecule has 2 rings (SSSR count). The third-order valence-corrected chi connectivity index (χ3v) is 2.33. The summed E-state index contributed by atoms with van der Waals surface area (Å²) in [6, 6.07) is 4.83. The van der Waals surface area contributed by atoms with Crippen LogP contribution >= 0.6 is 0 Å². The van der Waals surface area contributed by atoms with Gasteiger partial charge in [-0.05, 0) is 19.1 Å². The molecule has 0 bridgehead atoms. The van der Waals surface area contributed by atoms with Crippen molar-refractivity contribution >= 4 is 11.6 Å². The monoisotopic (exact) mass is 259 g/mol. The number of carbonyl (C=O) groups excluding carboxylic acids is 1. The number of hydrogen-bond donors (Lipinski definition) is 2. The molecule has 0 fully saturated rings. The summed E-state index contributed by atoms with van der Waals surface area (Å²) >= 11 is 0. The number of ether oxygens (including phenoxy) is 1. The normalized spacial score (nSPS) is 9.95. The van der Waals surface area contributed by atoms with E-state index in [0.29, 0.717) is 5.69 Å². The number of H-pyrrole nitrogens is 1. The number of pyridine rings is 2. The van der Waals surface area contributed by atoms with Gasteiger partial charge in [-0.1, -0.05) is 0 Å². The first-order valence-electron chi connectivity index (χ1n) is 5.67. The lowest BCUT2D eigenvalue weighted by Gasteiger charge is -2.06. The molecule has 6 heteroatoms. The van der Waals surface area contributed by atoms with Crippen LogP contribution in [0, 0.1) is 6.92 Å². The highest BCUT2D eigenvalue weighted by Crippen LogP contribution is 2.04. The molecule has 19 heavy (non-hydrogen) atoms. The van der Waals surface area contributed by atoms with Gasteiger partial charge in [0.1, 0.15) is 0 Å². The Morgan fingerprint density at radius 2 is 2.37 bits per heavy atom. The summed E-state index contributed by atoms with van der Waals surface area (Å²) in [5, 5.41) is 2.60. The average molecular weight is 259 g/mol. The van der Waals surface area contributed by atoms with Crippen LogP contribution in [0.4, 0.5) is 5.69 Å². The SMILES string of the molecule is Cc1cc(=O)c(OCC(=O)Nc2cccnc2)c[nH]1. The van der Waals surface area contributed by atoms with Crippen molar-refractivity contribution in [3.63, 3.8) is 0 Å². The van der Waals surface area contributed by atoms with Crippen molar-refractivity contribution in [3.05, 3.63) is 52.7 Å². The van der Waals surface area contributed by atoms with Crippen LogP contribution < -0.4 is 15.5 Å². The molecule has 2 N–H and O–H groups in total. The van der Waals surface area contributed by atoms with E-state index in [0.717, 1.165) is 5.69 Å². The van der Waals surface area contributed by atoms with Crippen molar-refractivity contribution in [1.82, 2.24) is 9.97 Å². The molecule has 2 heterocycles. The van der Waals surface area contributed by atoms with E-state index in [1.165, 1.54) is 18.5 Å². The Labute approximate surface area is 109 Å². The summed E-state index contributed by atoms with van der Waals surface area (Å²) in [6.07, 6.45) is 4.57. The van der Waals surface area contributed by atoms with Crippen molar-refractivity contribution in [2.45, 2.75) is 6.92 Å². The highest BCUT2D eigenvalue weighted by atomic mass is 16.5. The second kappa shape index (κ2) is 5.81. The zero-order chi connectivity index (χ0) is 13.7. The maximum absolute atomic E-state index is 11.6. The highest BCUT2D eigenvalue weighted by Gasteiger charge is 2.06. The fraction of sp³-hybridized carbons (Fsp3) is 0.154. The van der Waals surface area contributed by atoms with E-state index in [-0.39, 0.29) is 23.7 Å². The second-order valence-electron chi connectivity index (χ2n) is 3.92. The maximum Gasteiger partial charge on any atom is 0.262 e. The van der Waals surface area contributed by atoms with E-state index in [2.05, 4.69) is 15.3 Å². The Kier molecular flexibility index (Phi) is 3.92. The molecule has 0 aliphatic rings. The second-order valence-corrected chi connectivity index (χ2v) is 3.92. The Morgan fingerprint density at radius 1 is 1.53 bits per heavy atom. The smallest absolute Gasteiger partial charge is 0.262 e. The quantitative estimate of drug-likeness (QED) is 0.861. The summed E-state index contributed by atoms with van der Waals surface area (Å²) in [5.41, 5.74) is 1.05. The minimum atomic E-state index is -0.354. The first kappa shape index (κ1) is 12.8. The van der Waals surface area contributed by atoms with Gasteiger partial charge in [-0.15, -0.1) is 0 Å². The van der Waals surface area contributed by atoms with Crippen LogP contribution in [0.25, 0.3) is 0 Å². The summed E-state index contributed by atoms with van der Waals surface area (Å²) in [7, 11) is 0. The summed E-state index contributed by atoms with van der Waals surface area (Å²) in [6.45, 7) is 1.53. The van der Waals surface area contributed by atoms with E-state index >= 15 is 0 Å². The number of nitrogens with zero attached hydrogens (tertiary/aromatic N) is 1. The molecule has 0 radical (unpaired) electrons. The molecule has 0 aliphatic heterocycles. The number of carbonyl (C=O) groups is 1. The lowest BCUT2D eigenvalue weighted by Crippen LogP contribution is -2.22.